The molecular formula is C16H23N3O. The molecule has 0 atom stereocenters. The van der Waals surface area contributed by atoms with Gasteiger partial charge in [-0.2, -0.15) is 0 Å². The van der Waals surface area contributed by atoms with Gasteiger partial charge in [0.15, 0.2) is 0 Å². The molecule has 0 aliphatic carbocycles. The van der Waals surface area contributed by atoms with Gasteiger partial charge in [-0.3, -0.25) is 0 Å². The Morgan fingerprint density at radius 3 is 2.70 bits per heavy atom. The normalized spacial score (nSPS) is 18.0. The summed E-state index contributed by atoms with van der Waals surface area (Å²) in [7, 11) is 1.71. The van der Waals surface area contributed by atoms with Gasteiger partial charge in [0.2, 0.25) is 0 Å². The summed E-state index contributed by atoms with van der Waals surface area (Å²) in [5, 5.41) is 0. The molecule has 4 nitrogen and oxygen atoms in total. The second-order valence-corrected chi connectivity index (χ2v) is 5.85. The van der Waals surface area contributed by atoms with Gasteiger partial charge in [0, 0.05) is 18.2 Å². The minimum atomic E-state index is 0.555. The Hall–Kier alpha value is -1.55. The van der Waals surface area contributed by atoms with E-state index in [9.17, 15) is 0 Å². The van der Waals surface area contributed by atoms with E-state index in [4.69, 9.17) is 4.74 Å². The predicted octanol–water partition coefficient (Wildman–Crippen LogP) is 2.93. The zero-order valence-corrected chi connectivity index (χ0v) is 12.5. The van der Waals surface area contributed by atoms with Crippen LogP contribution in [0.3, 0.4) is 0 Å². The van der Waals surface area contributed by atoms with Crippen LogP contribution in [0, 0.1) is 0 Å². The predicted molar refractivity (Wildman–Crippen MR) is 80.4 cm³/mol. The zero-order valence-electron chi connectivity index (χ0n) is 12.5. The van der Waals surface area contributed by atoms with Gasteiger partial charge in [-0.05, 0) is 51.9 Å². The van der Waals surface area contributed by atoms with E-state index in [0.29, 0.717) is 12.0 Å². The third kappa shape index (κ3) is 2.29. The van der Waals surface area contributed by atoms with Crippen molar-refractivity contribution in [3.05, 3.63) is 30.4 Å². The Labute approximate surface area is 120 Å². The number of piperidine rings is 1. The molecule has 1 aliphatic rings. The summed E-state index contributed by atoms with van der Waals surface area (Å²) in [6, 6.07) is 4.66. The van der Waals surface area contributed by atoms with Crippen molar-refractivity contribution in [2.75, 3.05) is 20.2 Å². The number of hydrogen-bond donors (Lipinski definition) is 0. The lowest BCUT2D eigenvalue weighted by Gasteiger charge is -2.34. The van der Waals surface area contributed by atoms with Crippen LogP contribution in [0.25, 0.3) is 5.52 Å². The summed E-state index contributed by atoms with van der Waals surface area (Å²) in [6.07, 6.45) is 6.40. The van der Waals surface area contributed by atoms with E-state index in [1.165, 1.54) is 31.8 Å². The molecule has 3 rings (SSSR count). The van der Waals surface area contributed by atoms with Crippen molar-refractivity contribution in [2.24, 2.45) is 0 Å². The maximum atomic E-state index is 5.41. The van der Waals surface area contributed by atoms with Crippen molar-refractivity contribution < 1.29 is 4.74 Å². The molecule has 2 aromatic rings. The van der Waals surface area contributed by atoms with Crippen LogP contribution in [0.5, 0.6) is 5.75 Å². The maximum absolute atomic E-state index is 5.41. The van der Waals surface area contributed by atoms with Crippen LogP contribution < -0.4 is 4.74 Å². The van der Waals surface area contributed by atoms with Gasteiger partial charge in [-0.1, -0.05) is 0 Å². The molecule has 0 spiro atoms. The summed E-state index contributed by atoms with van der Waals surface area (Å²) in [5.74, 6) is 2.63. The van der Waals surface area contributed by atoms with E-state index in [1.807, 2.05) is 18.3 Å². The first-order valence-electron chi connectivity index (χ1n) is 7.44. The van der Waals surface area contributed by atoms with Crippen molar-refractivity contribution in [2.45, 2.75) is 38.6 Å². The van der Waals surface area contributed by atoms with E-state index in [2.05, 4.69) is 34.3 Å². The monoisotopic (exact) mass is 273 g/mol. The lowest BCUT2D eigenvalue weighted by atomic mass is 9.95. The van der Waals surface area contributed by atoms with Crippen molar-refractivity contribution >= 4 is 5.52 Å². The molecule has 4 heteroatoms. The van der Waals surface area contributed by atoms with Crippen molar-refractivity contribution in [3.8, 4) is 5.75 Å². The largest absolute Gasteiger partial charge is 0.494 e. The first-order chi connectivity index (χ1) is 9.70. The Kier molecular flexibility index (Phi) is 3.66. The van der Waals surface area contributed by atoms with Gasteiger partial charge < -0.3 is 14.0 Å². The highest BCUT2D eigenvalue weighted by atomic mass is 16.5. The van der Waals surface area contributed by atoms with E-state index >= 15 is 0 Å². The molecule has 108 valence electrons. The molecule has 0 N–H and O–H groups in total. The van der Waals surface area contributed by atoms with Gasteiger partial charge in [-0.25, -0.2) is 4.98 Å². The van der Waals surface area contributed by atoms with Gasteiger partial charge in [0.05, 0.1) is 13.3 Å². The van der Waals surface area contributed by atoms with Crippen molar-refractivity contribution in [1.82, 2.24) is 14.3 Å². The van der Waals surface area contributed by atoms with Gasteiger partial charge in [0.25, 0.3) is 0 Å². The first kappa shape index (κ1) is 13.4. The van der Waals surface area contributed by atoms with Gasteiger partial charge in [-0.15, -0.1) is 0 Å². The first-order valence-corrected chi connectivity index (χ1v) is 7.44. The van der Waals surface area contributed by atoms with E-state index in [0.717, 1.165) is 11.3 Å². The molecule has 3 heterocycles. The smallest absolute Gasteiger partial charge is 0.144 e. The molecule has 2 aromatic heterocycles. The van der Waals surface area contributed by atoms with Crippen molar-refractivity contribution in [1.29, 1.82) is 0 Å². The van der Waals surface area contributed by atoms with Crippen LogP contribution in [0.4, 0.5) is 0 Å². The quantitative estimate of drug-likeness (QED) is 0.861. The number of hydrogen-bond acceptors (Lipinski definition) is 3. The number of methoxy groups -OCH3 is 1. The number of imidazole rings is 1. The average Bonchev–Trinajstić information content (AvgIpc) is 2.91. The summed E-state index contributed by atoms with van der Waals surface area (Å²) in [4.78, 5) is 7.21. The fraction of sp³-hybridized carbons (Fsp3) is 0.562. The summed E-state index contributed by atoms with van der Waals surface area (Å²) in [5.41, 5.74) is 1.07. The lowest BCUT2D eigenvalue weighted by Crippen LogP contribution is -2.38. The number of ether oxygens (including phenoxy) is 1. The molecule has 0 bridgehead atoms. The van der Waals surface area contributed by atoms with E-state index in [1.54, 1.807) is 7.11 Å². The molecule has 1 aliphatic heterocycles. The van der Waals surface area contributed by atoms with E-state index in [-0.39, 0.29) is 0 Å². The Balaban J connectivity index is 1.85. The van der Waals surface area contributed by atoms with Crippen LogP contribution in [-0.2, 0) is 0 Å². The molecule has 0 aromatic carbocycles. The Bertz CT molecular complexity index is 582. The second kappa shape index (κ2) is 5.44. The molecule has 0 unspecified atom stereocenters. The zero-order chi connectivity index (χ0) is 14.1. The number of likely N-dealkylation sites (tertiary alicyclic amines) is 1. The highest BCUT2D eigenvalue weighted by Gasteiger charge is 2.25. The second-order valence-electron chi connectivity index (χ2n) is 5.85. The van der Waals surface area contributed by atoms with Crippen LogP contribution in [0.2, 0.25) is 0 Å². The molecule has 0 radical (unpaired) electrons. The highest BCUT2D eigenvalue weighted by Crippen LogP contribution is 2.30. The molecular weight excluding hydrogens is 250 g/mol. The van der Waals surface area contributed by atoms with Gasteiger partial charge >= 0.3 is 0 Å². The number of rotatable bonds is 3. The van der Waals surface area contributed by atoms with Crippen molar-refractivity contribution in [3.63, 3.8) is 0 Å². The van der Waals surface area contributed by atoms with Gasteiger partial charge in [0.1, 0.15) is 17.1 Å². The average molecular weight is 273 g/mol. The van der Waals surface area contributed by atoms with Crippen LogP contribution in [0.1, 0.15) is 38.4 Å². The molecule has 1 saturated heterocycles. The molecule has 20 heavy (non-hydrogen) atoms. The SMILES string of the molecule is COc1cccn2c(C3CCN(C(C)C)CC3)ncc12. The molecule has 1 fully saturated rings. The minimum absolute atomic E-state index is 0.555. The fourth-order valence-electron chi connectivity index (χ4n) is 3.16. The maximum Gasteiger partial charge on any atom is 0.144 e. The number of pyridine rings is 1. The highest BCUT2D eigenvalue weighted by molar-refractivity contribution is 5.59. The van der Waals surface area contributed by atoms with Crippen LogP contribution in [-0.4, -0.2) is 40.5 Å². The van der Waals surface area contributed by atoms with Crippen LogP contribution in [0.15, 0.2) is 24.5 Å². The third-order valence-corrected chi connectivity index (χ3v) is 4.41. The number of fused-ring (bicyclic) bond motifs is 1. The number of nitrogens with zero attached hydrogens (tertiary/aromatic N) is 3. The summed E-state index contributed by atoms with van der Waals surface area (Å²) < 4.78 is 7.60. The topological polar surface area (TPSA) is 29.8 Å². The minimum Gasteiger partial charge on any atom is -0.494 e. The molecule has 0 amide bonds. The molecule has 0 saturated carbocycles. The third-order valence-electron chi connectivity index (χ3n) is 4.41. The fourth-order valence-corrected chi connectivity index (χ4v) is 3.16. The van der Waals surface area contributed by atoms with Crippen LogP contribution >= 0.6 is 0 Å². The Morgan fingerprint density at radius 1 is 1.30 bits per heavy atom. The Morgan fingerprint density at radius 2 is 2.05 bits per heavy atom. The lowest BCUT2D eigenvalue weighted by molar-refractivity contribution is 0.169. The standard InChI is InChI=1S/C16H23N3O/c1-12(2)18-9-6-13(7-10-18)16-17-11-14-15(20-3)5-4-8-19(14)16/h4-5,8,11-13H,6-7,9-10H2,1-3H3. The number of aromatic nitrogens is 2. The van der Waals surface area contributed by atoms with E-state index < -0.39 is 0 Å². The summed E-state index contributed by atoms with van der Waals surface area (Å²) >= 11 is 0. The summed E-state index contributed by atoms with van der Waals surface area (Å²) in [6.45, 7) is 6.88.